The Morgan fingerprint density at radius 1 is 1.21 bits per heavy atom. The first-order chi connectivity index (χ1) is 11.4. The van der Waals surface area contributed by atoms with Gasteiger partial charge in [-0.05, 0) is 42.7 Å². The van der Waals surface area contributed by atoms with E-state index in [1.807, 2.05) is 31.2 Å². The number of benzene rings is 2. The summed E-state index contributed by atoms with van der Waals surface area (Å²) in [7, 11) is -3.59. The van der Waals surface area contributed by atoms with Crippen molar-refractivity contribution < 1.29 is 13.2 Å². The monoisotopic (exact) mass is 344 g/mol. The lowest BCUT2D eigenvalue weighted by Crippen LogP contribution is -2.30. The summed E-state index contributed by atoms with van der Waals surface area (Å²) in [6, 6.07) is 12.5. The number of hydrogen-bond acceptors (Lipinski definition) is 3. The predicted octanol–water partition coefficient (Wildman–Crippen LogP) is 2.50. The molecule has 0 atom stereocenters. The Kier molecular flexibility index (Phi) is 4.43. The number of rotatable bonds is 4. The van der Waals surface area contributed by atoms with Crippen LogP contribution in [0, 0.1) is 6.92 Å². The summed E-state index contributed by atoms with van der Waals surface area (Å²) in [5.74, 6) is -0.161. The van der Waals surface area contributed by atoms with Crippen molar-refractivity contribution in [3.8, 4) is 0 Å². The molecule has 0 bridgehead atoms. The molecule has 0 saturated carbocycles. The smallest absolute Gasteiger partial charge is 0.258 e. The molecule has 0 spiro atoms. The maximum atomic E-state index is 13.0. The number of nitrogens with one attached hydrogen (secondary N) is 1. The van der Waals surface area contributed by atoms with Gasteiger partial charge in [0, 0.05) is 24.3 Å². The average Bonchev–Trinajstić information content (AvgIpc) is 2.98. The minimum atomic E-state index is -3.59. The molecule has 2 aromatic rings. The van der Waals surface area contributed by atoms with Gasteiger partial charge in [-0.15, -0.1) is 0 Å². The molecular weight excluding hydrogens is 324 g/mol. The molecule has 0 saturated heterocycles. The zero-order valence-corrected chi connectivity index (χ0v) is 14.6. The standard InChI is InChI=1S/C18H20N2O3S/c1-3-19-24(22,23)15-9-8-13(2)16(12-15)18(21)20-11-10-14-6-4-5-7-17(14)20/h4-9,12,19H,3,10-11H2,1-2H3. The van der Waals surface area contributed by atoms with Gasteiger partial charge < -0.3 is 4.90 Å². The third-order valence-electron chi connectivity index (χ3n) is 4.22. The van der Waals surface area contributed by atoms with Crippen molar-refractivity contribution in [2.75, 3.05) is 18.0 Å². The molecule has 0 unspecified atom stereocenters. The summed E-state index contributed by atoms with van der Waals surface area (Å²) >= 11 is 0. The number of sulfonamides is 1. The van der Waals surface area contributed by atoms with Gasteiger partial charge in [-0.2, -0.15) is 0 Å². The minimum absolute atomic E-state index is 0.116. The Morgan fingerprint density at radius 3 is 2.71 bits per heavy atom. The summed E-state index contributed by atoms with van der Waals surface area (Å²) in [5.41, 5.74) is 3.23. The molecule has 6 heteroatoms. The van der Waals surface area contributed by atoms with Crippen LogP contribution in [0.2, 0.25) is 0 Å². The number of carbonyl (C=O) groups is 1. The van der Waals surface area contributed by atoms with Crippen molar-refractivity contribution in [3.05, 3.63) is 59.2 Å². The lowest BCUT2D eigenvalue weighted by atomic mass is 10.1. The van der Waals surface area contributed by atoms with Crippen LogP contribution in [-0.2, 0) is 16.4 Å². The Labute approximate surface area is 142 Å². The lowest BCUT2D eigenvalue weighted by molar-refractivity contribution is 0.0988. The highest BCUT2D eigenvalue weighted by atomic mass is 32.2. The summed E-state index contributed by atoms with van der Waals surface area (Å²) in [6.45, 7) is 4.46. The molecule has 1 aliphatic rings. The molecule has 0 aliphatic carbocycles. The normalized spacial score (nSPS) is 13.8. The van der Waals surface area contributed by atoms with E-state index in [2.05, 4.69) is 4.72 Å². The van der Waals surface area contributed by atoms with Gasteiger partial charge in [-0.1, -0.05) is 31.2 Å². The number of fused-ring (bicyclic) bond motifs is 1. The highest BCUT2D eigenvalue weighted by Crippen LogP contribution is 2.29. The highest BCUT2D eigenvalue weighted by molar-refractivity contribution is 7.89. The van der Waals surface area contributed by atoms with Gasteiger partial charge in [0.25, 0.3) is 5.91 Å². The van der Waals surface area contributed by atoms with Crippen molar-refractivity contribution in [2.24, 2.45) is 0 Å². The maximum Gasteiger partial charge on any atom is 0.258 e. The van der Waals surface area contributed by atoms with E-state index in [9.17, 15) is 13.2 Å². The summed E-state index contributed by atoms with van der Waals surface area (Å²) < 4.78 is 26.9. The summed E-state index contributed by atoms with van der Waals surface area (Å²) in [4.78, 5) is 14.8. The van der Waals surface area contributed by atoms with Crippen LogP contribution in [0.5, 0.6) is 0 Å². The van der Waals surface area contributed by atoms with Crippen molar-refractivity contribution in [2.45, 2.75) is 25.2 Å². The number of anilines is 1. The van der Waals surface area contributed by atoms with E-state index in [0.29, 0.717) is 18.7 Å². The Morgan fingerprint density at radius 2 is 1.96 bits per heavy atom. The molecule has 5 nitrogen and oxygen atoms in total. The molecule has 0 fully saturated rings. The predicted molar refractivity (Wildman–Crippen MR) is 93.9 cm³/mol. The van der Waals surface area contributed by atoms with Crippen LogP contribution >= 0.6 is 0 Å². The fourth-order valence-corrected chi connectivity index (χ4v) is 4.03. The van der Waals surface area contributed by atoms with E-state index in [4.69, 9.17) is 0 Å². The zero-order chi connectivity index (χ0) is 17.3. The quantitative estimate of drug-likeness (QED) is 0.927. The van der Waals surface area contributed by atoms with E-state index < -0.39 is 10.0 Å². The Hall–Kier alpha value is -2.18. The van der Waals surface area contributed by atoms with E-state index in [1.165, 1.54) is 12.1 Å². The molecule has 2 aromatic carbocycles. The average molecular weight is 344 g/mol. The van der Waals surface area contributed by atoms with Crippen LogP contribution < -0.4 is 9.62 Å². The second-order valence-electron chi connectivity index (χ2n) is 5.81. The highest BCUT2D eigenvalue weighted by Gasteiger charge is 2.27. The van der Waals surface area contributed by atoms with E-state index in [0.717, 1.165) is 23.2 Å². The number of aryl methyl sites for hydroxylation is 1. The second-order valence-corrected chi connectivity index (χ2v) is 7.58. The number of hydrogen-bond donors (Lipinski definition) is 1. The van der Waals surface area contributed by atoms with Crippen molar-refractivity contribution in [1.82, 2.24) is 4.72 Å². The fraction of sp³-hybridized carbons (Fsp3) is 0.278. The number of para-hydroxylation sites is 1. The molecule has 1 heterocycles. The van der Waals surface area contributed by atoms with E-state index in [1.54, 1.807) is 17.9 Å². The second kappa shape index (κ2) is 6.37. The lowest BCUT2D eigenvalue weighted by Gasteiger charge is -2.19. The largest absolute Gasteiger partial charge is 0.308 e. The molecule has 3 rings (SSSR count). The van der Waals surface area contributed by atoms with Gasteiger partial charge in [0.15, 0.2) is 0 Å². The van der Waals surface area contributed by atoms with Gasteiger partial charge in [-0.3, -0.25) is 4.79 Å². The summed E-state index contributed by atoms with van der Waals surface area (Å²) in [5, 5.41) is 0. The molecule has 1 N–H and O–H groups in total. The van der Waals surface area contributed by atoms with Crippen LogP contribution in [0.1, 0.15) is 28.4 Å². The van der Waals surface area contributed by atoms with E-state index >= 15 is 0 Å². The fourth-order valence-electron chi connectivity index (χ4n) is 2.97. The van der Waals surface area contributed by atoms with Crippen LogP contribution in [0.15, 0.2) is 47.4 Å². The van der Waals surface area contributed by atoms with Crippen LogP contribution in [0.4, 0.5) is 5.69 Å². The first-order valence-corrected chi connectivity index (χ1v) is 9.42. The van der Waals surface area contributed by atoms with E-state index in [-0.39, 0.29) is 10.8 Å². The first-order valence-electron chi connectivity index (χ1n) is 7.94. The number of nitrogens with zero attached hydrogens (tertiary/aromatic N) is 1. The molecule has 0 aromatic heterocycles. The van der Waals surface area contributed by atoms with Gasteiger partial charge in [0.1, 0.15) is 0 Å². The van der Waals surface area contributed by atoms with Gasteiger partial charge in [0.05, 0.1) is 4.90 Å². The molecule has 1 amide bonds. The molecule has 0 radical (unpaired) electrons. The zero-order valence-electron chi connectivity index (χ0n) is 13.7. The third kappa shape index (κ3) is 2.95. The Balaban J connectivity index is 1.99. The molecule has 1 aliphatic heterocycles. The van der Waals surface area contributed by atoms with Gasteiger partial charge in [-0.25, -0.2) is 13.1 Å². The SMILES string of the molecule is CCNS(=O)(=O)c1ccc(C)c(C(=O)N2CCc3ccccc32)c1. The van der Waals surface area contributed by atoms with Gasteiger partial charge >= 0.3 is 0 Å². The molecule has 24 heavy (non-hydrogen) atoms. The maximum absolute atomic E-state index is 13.0. The topological polar surface area (TPSA) is 66.5 Å². The van der Waals surface area contributed by atoms with Crippen LogP contribution in [0.25, 0.3) is 0 Å². The number of amides is 1. The van der Waals surface area contributed by atoms with Crippen molar-refractivity contribution >= 4 is 21.6 Å². The number of carbonyl (C=O) groups excluding carboxylic acids is 1. The molecular formula is C18H20N2O3S. The van der Waals surface area contributed by atoms with Crippen LogP contribution in [-0.4, -0.2) is 27.4 Å². The van der Waals surface area contributed by atoms with Crippen molar-refractivity contribution in [1.29, 1.82) is 0 Å². The first kappa shape index (κ1) is 16.7. The van der Waals surface area contributed by atoms with Gasteiger partial charge in [0.2, 0.25) is 10.0 Å². The summed E-state index contributed by atoms with van der Waals surface area (Å²) in [6.07, 6.45) is 0.816. The Bertz CT molecular complexity index is 891. The van der Waals surface area contributed by atoms with Crippen molar-refractivity contribution in [3.63, 3.8) is 0 Å². The minimum Gasteiger partial charge on any atom is -0.308 e. The third-order valence-corrected chi connectivity index (χ3v) is 5.76. The van der Waals surface area contributed by atoms with Crippen LogP contribution in [0.3, 0.4) is 0 Å². The molecule has 126 valence electrons.